The van der Waals surface area contributed by atoms with Gasteiger partial charge in [0, 0.05) is 30.6 Å². The molecule has 0 fully saturated rings. The van der Waals surface area contributed by atoms with Crippen LogP contribution in [0, 0.1) is 0 Å². The number of rotatable bonds is 8. The molecule has 0 aliphatic heterocycles. The third-order valence-corrected chi connectivity index (χ3v) is 5.31. The van der Waals surface area contributed by atoms with Crippen molar-refractivity contribution in [3.05, 3.63) is 40.5 Å². The fraction of sp³-hybridized carbons (Fsp3) is 0.353. The van der Waals surface area contributed by atoms with Gasteiger partial charge >= 0.3 is 0 Å². The zero-order valence-electron chi connectivity index (χ0n) is 14.8. The summed E-state index contributed by atoms with van der Waals surface area (Å²) >= 11 is 5.10. The molecule has 3 aromatic rings. The fourth-order valence-corrected chi connectivity index (χ4v) is 3.66. The van der Waals surface area contributed by atoms with Crippen molar-refractivity contribution < 1.29 is 9.47 Å². The summed E-state index contributed by atoms with van der Waals surface area (Å²) in [6.45, 7) is 1.22. The van der Waals surface area contributed by atoms with Crippen LogP contribution in [0.5, 0.6) is 5.88 Å². The molecule has 0 aliphatic rings. The Hall–Kier alpha value is -1.84. The van der Waals surface area contributed by atoms with Crippen LogP contribution in [-0.2, 0) is 24.1 Å². The molecule has 0 saturated heterocycles. The van der Waals surface area contributed by atoms with Gasteiger partial charge in [-0.1, -0.05) is 39.8 Å². The van der Waals surface area contributed by atoms with E-state index < -0.39 is 0 Å². The number of halogens is 1. The molecular formula is C17H20BrN5O2S. The topological polar surface area (TPSA) is 67.0 Å². The highest BCUT2D eigenvalue weighted by Crippen LogP contribution is 2.31. The molecule has 0 bridgehead atoms. The third kappa shape index (κ3) is 4.28. The number of benzene rings is 1. The molecule has 1 aromatic carbocycles. The Morgan fingerprint density at radius 2 is 1.92 bits per heavy atom. The number of nitrogens with zero attached hydrogens (tertiary/aromatic N) is 5. The van der Waals surface area contributed by atoms with Gasteiger partial charge in [0.2, 0.25) is 5.88 Å². The number of hydrogen-bond donors (Lipinski definition) is 0. The second-order valence-corrected chi connectivity index (χ2v) is 7.45. The molecule has 3 rings (SSSR count). The maximum Gasteiger partial charge on any atom is 0.243 e. The smallest absolute Gasteiger partial charge is 0.243 e. The largest absolute Gasteiger partial charge is 0.479 e. The van der Waals surface area contributed by atoms with Crippen molar-refractivity contribution in [2.75, 3.05) is 20.8 Å². The van der Waals surface area contributed by atoms with Crippen molar-refractivity contribution in [1.29, 1.82) is 0 Å². The van der Waals surface area contributed by atoms with Crippen molar-refractivity contribution in [2.45, 2.75) is 17.5 Å². The SMILES string of the molecule is COCCn1c(SCc2ccc(Br)cc2)nnc1-c1cn(C)nc1OC. The second kappa shape index (κ2) is 8.70. The van der Waals surface area contributed by atoms with Crippen LogP contribution in [0.3, 0.4) is 0 Å². The minimum atomic E-state index is 0.531. The van der Waals surface area contributed by atoms with E-state index in [1.54, 1.807) is 30.7 Å². The maximum absolute atomic E-state index is 5.37. The monoisotopic (exact) mass is 437 g/mol. The summed E-state index contributed by atoms with van der Waals surface area (Å²) in [5.41, 5.74) is 2.04. The number of methoxy groups -OCH3 is 2. The van der Waals surface area contributed by atoms with Gasteiger partial charge in [-0.15, -0.1) is 15.3 Å². The lowest BCUT2D eigenvalue weighted by atomic mass is 10.2. The van der Waals surface area contributed by atoms with Crippen LogP contribution in [-0.4, -0.2) is 45.4 Å². The standard InChI is InChI=1S/C17H20BrN5O2S/c1-22-10-14(16(21-22)25-3)15-19-20-17(23(15)8-9-24-2)26-11-12-4-6-13(18)7-5-12/h4-7,10H,8-9,11H2,1-3H3. The highest BCUT2D eigenvalue weighted by atomic mass is 79.9. The Bertz CT molecular complexity index is 863. The molecule has 0 spiro atoms. The molecule has 0 unspecified atom stereocenters. The highest BCUT2D eigenvalue weighted by Gasteiger charge is 2.20. The lowest BCUT2D eigenvalue weighted by Gasteiger charge is -2.09. The van der Waals surface area contributed by atoms with Gasteiger partial charge in [-0.3, -0.25) is 9.25 Å². The Kier molecular flexibility index (Phi) is 6.33. The van der Waals surface area contributed by atoms with Gasteiger partial charge in [0.25, 0.3) is 0 Å². The molecule has 138 valence electrons. The van der Waals surface area contributed by atoms with E-state index >= 15 is 0 Å². The molecule has 2 aromatic heterocycles. The summed E-state index contributed by atoms with van der Waals surface area (Å²) < 4.78 is 15.5. The molecule has 0 aliphatic carbocycles. The third-order valence-electron chi connectivity index (χ3n) is 3.75. The van der Waals surface area contributed by atoms with Gasteiger partial charge in [0.05, 0.1) is 20.3 Å². The van der Waals surface area contributed by atoms with E-state index in [-0.39, 0.29) is 0 Å². The Morgan fingerprint density at radius 3 is 2.62 bits per heavy atom. The lowest BCUT2D eigenvalue weighted by molar-refractivity contribution is 0.185. The molecule has 0 N–H and O–H groups in total. The summed E-state index contributed by atoms with van der Waals surface area (Å²) in [5.74, 6) is 2.07. The van der Waals surface area contributed by atoms with Crippen LogP contribution >= 0.6 is 27.7 Å². The van der Waals surface area contributed by atoms with Gasteiger partial charge in [0.15, 0.2) is 11.0 Å². The van der Waals surface area contributed by atoms with Crippen LogP contribution in [0.1, 0.15) is 5.56 Å². The lowest BCUT2D eigenvalue weighted by Crippen LogP contribution is -2.07. The Labute approximate surface area is 164 Å². The van der Waals surface area contributed by atoms with E-state index in [0.717, 1.165) is 26.8 Å². The van der Waals surface area contributed by atoms with E-state index in [4.69, 9.17) is 9.47 Å². The fourth-order valence-electron chi connectivity index (χ4n) is 2.48. The molecule has 7 nitrogen and oxygen atoms in total. The molecule has 0 radical (unpaired) electrons. The minimum Gasteiger partial charge on any atom is -0.479 e. The molecule has 0 atom stereocenters. The predicted octanol–water partition coefficient (Wildman–Crippen LogP) is 3.39. The number of hydrogen-bond acceptors (Lipinski definition) is 6. The van der Waals surface area contributed by atoms with Crippen molar-refractivity contribution >= 4 is 27.7 Å². The molecule has 9 heteroatoms. The van der Waals surface area contributed by atoms with Crippen molar-refractivity contribution in [2.24, 2.45) is 7.05 Å². The zero-order chi connectivity index (χ0) is 18.5. The molecule has 2 heterocycles. The first-order valence-corrected chi connectivity index (χ1v) is 9.77. The Balaban J connectivity index is 1.87. The molecule has 0 amide bonds. The molecule has 26 heavy (non-hydrogen) atoms. The second-order valence-electron chi connectivity index (χ2n) is 5.59. The Morgan fingerprint density at radius 1 is 1.15 bits per heavy atom. The van der Waals surface area contributed by atoms with Crippen LogP contribution in [0.4, 0.5) is 0 Å². The quantitative estimate of drug-likeness (QED) is 0.503. The van der Waals surface area contributed by atoms with Crippen molar-refractivity contribution in [1.82, 2.24) is 24.5 Å². The minimum absolute atomic E-state index is 0.531. The number of aromatic nitrogens is 5. The van der Waals surface area contributed by atoms with Gasteiger partial charge in [-0.2, -0.15) is 0 Å². The van der Waals surface area contributed by atoms with Gasteiger partial charge < -0.3 is 9.47 Å². The molecular weight excluding hydrogens is 418 g/mol. The first-order valence-electron chi connectivity index (χ1n) is 7.99. The first kappa shape index (κ1) is 18.9. The van der Waals surface area contributed by atoms with Crippen LogP contribution < -0.4 is 4.74 Å². The van der Waals surface area contributed by atoms with Crippen molar-refractivity contribution in [3.8, 4) is 17.3 Å². The van der Waals surface area contributed by atoms with Crippen LogP contribution in [0.15, 0.2) is 40.1 Å². The number of aryl methyl sites for hydroxylation is 1. The van der Waals surface area contributed by atoms with Gasteiger partial charge in [0.1, 0.15) is 5.56 Å². The van der Waals surface area contributed by atoms with E-state index in [1.165, 1.54) is 5.56 Å². The van der Waals surface area contributed by atoms with Gasteiger partial charge in [-0.25, -0.2) is 0 Å². The van der Waals surface area contributed by atoms with Gasteiger partial charge in [-0.05, 0) is 17.7 Å². The number of thioether (sulfide) groups is 1. The summed E-state index contributed by atoms with van der Waals surface area (Å²) in [4.78, 5) is 0. The van der Waals surface area contributed by atoms with Crippen LogP contribution in [0.2, 0.25) is 0 Å². The highest BCUT2D eigenvalue weighted by molar-refractivity contribution is 9.10. The summed E-state index contributed by atoms with van der Waals surface area (Å²) in [6.07, 6.45) is 1.88. The summed E-state index contributed by atoms with van der Waals surface area (Å²) in [7, 11) is 5.14. The van der Waals surface area contributed by atoms with E-state index in [1.807, 2.05) is 29.9 Å². The maximum atomic E-state index is 5.37. The van der Waals surface area contributed by atoms with E-state index in [2.05, 4.69) is 43.4 Å². The van der Waals surface area contributed by atoms with Crippen molar-refractivity contribution in [3.63, 3.8) is 0 Å². The zero-order valence-corrected chi connectivity index (χ0v) is 17.2. The van der Waals surface area contributed by atoms with Crippen LogP contribution in [0.25, 0.3) is 11.4 Å². The average Bonchev–Trinajstić information content (AvgIpc) is 3.21. The van der Waals surface area contributed by atoms with E-state index in [0.29, 0.717) is 19.0 Å². The summed E-state index contributed by atoms with van der Waals surface area (Å²) in [6, 6.07) is 8.27. The first-order chi connectivity index (χ1) is 12.6. The average molecular weight is 438 g/mol. The normalized spacial score (nSPS) is 11.1. The predicted molar refractivity (Wildman–Crippen MR) is 104 cm³/mol. The van der Waals surface area contributed by atoms with E-state index in [9.17, 15) is 0 Å². The number of ether oxygens (including phenoxy) is 2. The molecule has 0 saturated carbocycles. The summed E-state index contributed by atoms with van der Waals surface area (Å²) in [5, 5.41) is 13.9.